The molecule has 19 heavy (non-hydrogen) atoms. The van der Waals surface area contributed by atoms with Crippen LogP contribution in [0.5, 0.6) is 0 Å². The lowest BCUT2D eigenvalue weighted by Gasteiger charge is -2.23. The number of halogens is 1. The molecular formula is C14H22ClN3O. The summed E-state index contributed by atoms with van der Waals surface area (Å²) >= 11 is 6.17. The maximum absolute atomic E-state index is 6.17. The molecule has 0 saturated carbocycles. The van der Waals surface area contributed by atoms with Crippen molar-refractivity contribution in [2.75, 3.05) is 25.1 Å². The Kier molecular flexibility index (Phi) is 4.99. The SMILES string of the molecule is Cc1c(Cl)nc(C(C)C)nc1NCC1CCCOC1. The third-order valence-electron chi connectivity index (χ3n) is 3.43. The number of nitrogens with zero attached hydrogens (tertiary/aromatic N) is 2. The van der Waals surface area contributed by atoms with Crippen molar-refractivity contribution >= 4 is 17.4 Å². The van der Waals surface area contributed by atoms with Crippen LogP contribution in [0.3, 0.4) is 0 Å². The molecule has 2 heterocycles. The molecule has 1 aromatic rings. The van der Waals surface area contributed by atoms with E-state index < -0.39 is 0 Å². The first kappa shape index (κ1) is 14.5. The van der Waals surface area contributed by atoms with Crippen LogP contribution >= 0.6 is 11.6 Å². The number of ether oxygens (including phenoxy) is 1. The lowest BCUT2D eigenvalue weighted by molar-refractivity contribution is 0.0594. The Labute approximate surface area is 119 Å². The maximum Gasteiger partial charge on any atom is 0.137 e. The molecule has 0 aromatic carbocycles. The summed E-state index contributed by atoms with van der Waals surface area (Å²) < 4.78 is 5.49. The minimum absolute atomic E-state index is 0.275. The normalized spacial score (nSPS) is 19.7. The zero-order valence-corrected chi connectivity index (χ0v) is 12.6. The maximum atomic E-state index is 6.17. The molecule has 0 radical (unpaired) electrons. The van der Waals surface area contributed by atoms with Crippen molar-refractivity contribution in [2.45, 2.75) is 39.5 Å². The number of rotatable bonds is 4. The van der Waals surface area contributed by atoms with Crippen LogP contribution < -0.4 is 5.32 Å². The molecule has 2 rings (SSSR count). The molecular weight excluding hydrogens is 262 g/mol. The standard InChI is InChI=1S/C14H22ClN3O/c1-9(2)13-17-12(15)10(3)14(18-13)16-7-11-5-4-6-19-8-11/h9,11H,4-8H2,1-3H3,(H,16,17,18). The van der Waals surface area contributed by atoms with Gasteiger partial charge in [0.25, 0.3) is 0 Å². The molecule has 1 saturated heterocycles. The fourth-order valence-electron chi connectivity index (χ4n) is 2.15. The second-order valence-electron chi connectivity index (χ2n) is 5.46. The molecule has 1 unspecified atom stereocenters. The minimum Gasteiger partial charge on any atom is -0.381 e. The van der Waals surface area contributed by atoms with Gasteiger partial charge in [0.15, 0.2) is 0 Å². The van der Waals surface area contributed by atoms with Crippen LogP contribution in [0, 0.1) is 12.8 Å². The van der Waals surface area contributed by atoms with Crippen molar-refractivity contribution in [3.8, 4) is 0 Å². The lowest BCUT2D eigenvalue weighted by atomic mass is 10.0. The van der Waals surface area contributed by atoms with Gasteiger partial charge in [0.2, 0.25) is 0 Å². The van der Waals surface area contributed by atoms with Gasteiger partial charge in [-0.15, -0.1) is 0 Å². The smallest absolute Gasteiger partial charge is 0.137 e. The highest BCUT2D eigenvalue weighted by atomic mass is 35.5. The molecule has 1 aliphatic heterocycles. The van der Waals surface area contributed by atoms with Crippen molar-refractivity contribution in [3.63, 3.8) is 0 Å². The molecule has 1 aromatic heterocycles. The summed E-state index contributed by atoms with van der Waals surface area (Å²) in [4.78, 5) is 8.89. The van der Waals surface area contributed by atoms with Crippen molar-refractivity contribution in [1.29, 1.82) is 0 Å². The molecule has 1 fully saturated rings. The van der Waals surface area contributed by atoms with E-state index in [9.17, 15) is 0 Å². The fraction of sp³-hybridized carbons (Fsp3) is 0.714. The third-order valence-corrected chi connectivity index (χ3v) is 3.80. The average Bonchev–Trinajstić information content (AvgIpc) is 2.41. The molecule has 1 N–H and O–H groups in total. The lowest BCUT2D eigenvalue weighted by Crippen LogP contribution is -2.25. The summed E-state index contributed by atoms with van der Waals surface area (Å²) in [7, 11) is 0. The van der Waals surface area contributed by atoms with Gasteiger partial charge in [-0.05, 0) is 25.7 Å². The van der Waals surface area contributed by atoms with Crippen molar-refractivity contribution < 1.29 is 4.74 Å². The van der Waals surface area contributed by atoms with Gasteiger partial charge >= 0.3 is 0 Å². The topological polar surface area (TPSA) is 47.0 Å². The largest absolute Gasteiger partial charge is 0.381 e. The van der Waals surface area contributed by atoms with Gasteiger partial charge in [-0.3, -0.25) is 0 Å². The predicted molar refractivity (Wildman–Crippen MR) is 77.9 cm³/mol. The molecule has 0 spiro atoms. The highest BCUT2D eigenvalue weighted by Crippen LogP contribution is 2.23. The molecule has 0 amide bonds. The Morgan fingerprint density at radius 1 is 1.42 bits per heavy atom. The second-order valence-corrected chi connectivity index (χ2v) is 5.82. The van der Waals surface area contributed by atoms with Crippen molar-refractivity contribution in [1.82, 2.24) is 9.97 Å². The van der Waals surface area contributed by atoms with Crippen LogP contribution in [-0.2, 0) is 4.74 Å². The second kappa shape index (κ2) is 6.53. The molecule has 1 atom stereocenters. The molecule has 5 heteroatoms. The summed E-state index contributed by atoms with van der Waals surface area (Å²) in [5.74, 6) is 2.48. The monoisotopic (exact) mass is 283 g/mol. The molecule has 106 valence electrons. The fourth-order valence-corrected chi connectivity index (χ4v) is 2.32. The van der Waals surface area contributed by atoms with Gasteiger partial charge in [0.05, 0.1) is 6.61 Å². The van der Waals surface area contributed by atoms with Crippen LogP contribution in [0.25, 0.3) is 0 Å². The Hall–Kier alpha value is -0.870. The van der Waals surface area contributed by atoms with Crippen molar-refractivity contribution in [2.24, 2.45) is 5.92 Å². The van der Waals surface area contributed by atoms with Gasteiger partial charge in [-0.25, -0.2) is 9.97 Å². The molecule has 4 nitrogen and oxygen atoms in total. The van der Waals surface area contributed by atoms with Gasteiger partial charge in [-0.1, -0.05) is 25.4 Å². The zero-order valence-electron chi connectivity index (χ0n) is 11.9. The van der Waals surface area contributed by atoms with Crippen LogP contribution in [0.15, 0.2) is 0 Å². The van der Waals surface area contributed by atoms with E-state index in [-0.39, 0.29) is 5.92 Å². The van der Waals surface area contributed by atoms with E-state index in [1.165, 1.54) is 6.42 Å². The van der Waals surface area contributed by atoms with E-state index in [0.29, 0.717) is 11.1 Å². The van der Waals surface area contributed by atoms with E-state index in [4.69, 9.17) is 16.3 Å². The number of hydrogen-bond acceptors (Lipinski definition) is 4. The highest BCUT2D eigenvalue weighted by Gasteiger charge is 2.16. The van der Waals surface area contributed by atoms with Crippen molar-refractivity contribution in [3.05, 3.63) is 16.5 Å². The summed E-state index contributed by atoms with van der Waals surface area (Å²) in [5, 5.41) is 3.95. The quantitative estimate of drug-likeness (QED) is 0.861. The van der Waals surface area contributed by atoms with Gasteiger partial charge in [0.1, 0.15) is 16.8 Å². The molecule has 1 aliphatic rings. The van der Waals surface area contributed by atoms with E-state index in [0.717, 1.165) is 43.4 Å². The van der Waals surface area contributed by atoms with E-state index in [1.54, 1.807) is 0 Å². The van der Waals surface area contributed by atoms with E-state index in [2.05, 4.69) is 29.1 Å². The Balaban J connectivity index is 2.05. The summed E-state index contributed by atoms with van der Waals surface area (Å²) in [6.07, 6.45) is 2.36. The minimum atomic E-state index is 0.275. The van der Waals surface area contributed by atoms with Gasteiger partial charge in [-0.2, -0.15) is 0 Å². The molecule has 0 aliphatic carbocycles. The Morgan fingerprint density at radius 2 is 2.21 bits per heavy atom. The first-order valence-electron chi connectivity index (χ1n) is 6.93. The van der Waals surface area contributed by atoms with E-state index in [1.807, 2.05) is 6.92 Å². The number of hydrogen-bond donors (Lipinski definition) is 1. The highest BCUT2D eigenvalue weighted by molar-refractivity contribution is 6.30. The van der Waals surface area contributed by atoms with Crippen LogP contribution in [0.1, 0.15) is 44.0 Å². The van der Waals surface area contributed by atoms with Gasteiger partial charge < -0.3 is 10.1 Å². The predicted octanol–water partition coefficient (Wildman–Crippen LogP) is 3.40. The number of anilines is 1. The first-order valence-corrected chi connectivity index (χ1v) is 7.31. The van der Waals surface area contributed by atoms with E-state index >= 15 is 0 Å². The zero-order chi connectivity index (χ0) is 13.8. The Morgan fingerprint density at radius 3 is 2.84 bits per heavy atom. The average molecular weight is 284 g/mol. The molecule has 0 bridgehead atoms. The number of aromatic nitrogens is 2. The van der Waals surface area contributed by atoms with Crippen LogP contribution in [-0.4, -0.2) is 29.7 Å². The summed E-state index contributed by atoms with van der Waals surface area (Å²) in [6.45, 7) is 8.70. The summed E-state index contributed by atoms with van der Waals surface area (Å²) in [6, 6.07) is 0. The third kappa shape index (κ3) is 3.80. The Bertz CT molecular complexity index is 431. The summed E-state index contributed by atoms with van der Waals surface area (Å²) in [5.41, 5.74) is 0.919. The first-order chi connectivity index (χ1) is 9.08. The van der Waals surface area contributed by atoms with Crippen LogP contribution in [0.4, 0.5) is 5.82 Å². The van der Waals surface area contributed by atoms with Gasteiger partial charge in [0, 0.05) is 24.6 Å². The van der Waals surface area contributed by atoms with Crippen LogP contribution in [0.2, 0.25) is 5.15 Å². The number of nitrogens with one attached hydrogen (secondary N) is 1.